The molecule has 0 spiro atoms. The van der Waals surface area contributed by atoms with Crippen molar-refractivity contribution in [1.82, 2.24) is 4.90 Å². The smallest absolute Gasteiger partial charge is 0.293 e. The van der Waals surface area contributed by atoms with Crippen LogP contribution in [0.4, 0.5) is 4.79 Å². The summed E-state index contributed by atoms with van der Waals surface area (Å²) < 4.78 is 5.84. The zero-order valence-corrected chi connectivity index (χ0v) is 18.6. The Labute approximate surface area is 194 Å². The lowest BCUT2D eigenvalue weighted by atomic mass is 10.2. The fourth-order valence-electron chi connectivity index (χ4n) is 3.05. The zero-order valence-electron chi connectivity index (χ0n) is 16.3. The Hall–Kier alpha value is -2.73. The van der Waals surface area contributed by atoms with Gasteiger partial charge in [-0.1, -0.05) is 59.6 Å². The minimum absolute atomic E-state index is 0.187. The van der Waals surface area contributed by atoms with Crippen LogP contribution >= 0.6 is 35.0 Å². The van der Waals surface area contributed by atoms with Crippen LogP contribution in [0.25, 0.3) is 6.08 Å². The van der Waals surface area contributed by atoms with Crippen LogP contribution in [0.3, 0.4) is 0 Å². The highest BCUT2D eigenvalue weighted by molar-refractivity contribution is 8.18. The predicted molar refractivity (Wildman–Crippen MR) is 125 cm³/mol. The number of nitrogens with zero attached hydrogens (tertiary/aromatic N) is 1. The second-order valence-electron chi connectivity index (χ2n) is 6.89. The maximum atomic E-state index is 12.8. The van der Waals surface area contributed by atoms with Crippen LogP contribution in [0.1, 0.15) is 16.7 Å². The topological polar surface area (TPSA) is 46.6 Å². The van der Waals surface area contributed by atoms with Crippen molar-refractivity contribution in [2.75, 3.05) is 0 Å². The number of halogens is 2. The summed E-state index contributed by atoms with van der Waals surface area (Å²) in [6.07, 6.45) is 1.71. The molecule has 1 saturated heterocycles. The minimum Gasteiger partial charge on any atom is -0.489 e. The highest BCUT2D eigenvalue weighted by Crippen LogP contribution is 2.34. The van der Waals surface area contributed by atoms with Crippen LogP contribution in [0, 0.1) is 0 Å². The monoisotopic (exact) mass is 469 g/mol. The maximum absolute atomic E-state index is 12.8. The average molecular weight is 470 g/mol. The maximum Gasteiger partial charge on any atom is 0.293 e. The van der Waals surface area contributed by atoms with E-state index in [1.807, 2.05) is 54.6 Å². The van der Waals surface area contributed by atoms with Crippen LogP contribution in [-0.2, 0) is 17.9 Å². The van der Waals surface area contributed by atoms with Gasteiger partial charge in [0.1, 0.15) is 12.4 Å². The number of benzene rings is 3. The number of amides is 2. The number of carbonyl (C=O) groups excluding carboxylic acids is 2. The molecule has 31 heavy (non-hydrogen) atoms. The van der Waals surface area contributed by atoms with Crippen molar-refractivity contribution < 1.29 is 14.3 Å². The summed E-state index contributed by atoms with van der Waals surface area (Å²) in [7, 11) is 0. The van der Waals surface area contributed by atoms with E-state index in [1.165, 1.54) is 4.90 Å². The number of imide groups is 1. The Bertz CT molecular complexity index is 1160. The predicted octanol–water partition coefficient (Wildman–Crippen LogP) is 6.81. The summed E-state index contributed by atoms with van der Waals surface area (Å²) in [5.74, 6) is 0.351. The first-order valence-electron chi connectivity index (χ1n) is 9.45. The van der Waals surface area contributed by atoms with Crippen LogP contribution in [0.15, 0.2) is 77.7 Å². The molecule has 1 aliphatic rings. The highest BCUT2D eigenvalue weighted by atomic mass is 35.5. The second-order valence-corrected chi connectivity index (χ2v) is 8.75. The largest absolute Gasteiger partial charge is 0.489 e. The van der Waals surface area contributed by atoms with E-state index >= 15 is 0 Å². The van der Waals surface area contributed by atoms with Crippen molar-refractivity contribution in [3.05, 3.63) is 104 Å². The molecule has 0 unspecified atom stereocenters. The summed E-state index contributed by atoms with van der Waals surface area (Å²) >= 11 is 12.8. The zero-order chi connectivity index (χ0) is 21.8. The van der Waals surface area contributed by atoms with Crippen molar-refractivity contribution in [1.29, 1.82) is 0 Å². The van der Waals surface area contributed by atoms with Gasteiger partial charge in [-0.3, -0.25) is 14.5 Å². The number of ether oxygens (including phenoxy) is 1. The molecule has 1 heterocycles. The van der Waals surface area contributed by atoms with Crippen molar-refractivity contribution in [3.63, 3.8) is 0 Å². The average Bonchev–Trinajstić information content (AvgIpc) is 3.01. The van der Waals surface area contributed by atoms with Gasteiger partial charge in [0.05, 0.1) is 11.4 Å². The fourth-order valence-corrected chi connectivity index (χ4v) is 4.22. The van der Waals surface area contributed by atoms with Gasteiger partial charge >= 0.3 is 0 Å². The molecule has 0 aromatic heterocycles. The summed E-state index contributed by atoms with van der Waals surface area (Å²) in [6, 6.07) is 22.0. The molecule has 0 saturated carbocycles. The Morgan fingerprint density at radius 2 is 1.65 bits per heavy atom. The number of thioether (sulfide) groups is 1. The van der Waals surface area contributed by atoms with Gasteiger partial charge in [0.2, 0.25) is 0 Å². The van der Waals surface area contributed by atoms with Crippen molar-refractivity contribution in [2.45, 2.75) is 13.2 Å². The van der Waals surface area contributed by atoms with Gasteiger partial charge in [0.25, 0.3) is 11.1 Å². The third kappa shape index (κ3) is 5.50. The second kappa shape index (κ2) is 9.60. The quantitative estimate of drug-likeness (QED) is 0.372. The van der Waals surface area contributed by atoms with Gasteiger partial charge in [0.15, 0.2) is 0 Å². The Balaban J connectivity index is 1.45. The Morgan fingerprint density at radius 3 is 2.42 bits per heavy atom. The molecule has 1 aliphatic heterocycles. The third-order valence-electron chi connectivity index (χ3n) is 4.58. The van der Waals surface area contributed by atoms with E-state index in [0.717, 1.165) is 28.5 Å². The Kier molecular flexibility index (Phi) is 6.66. The van der Waals surface area contributed by atoms with Crippen molar-refractivity contribution in [3.8, 4) is 5.75 Å². The van der Waals surface area contributed by atoms with Gasteiger partial charge in [-0.2, -0.15) is 0 Å². The van der Waals surface area contributed by atoms with E-state index in [2.05, 4.69) is 0 Å². The number of carbonyl (C=O) groups is 2. The van der Waals surface area contributed by atoms with Gasteiger partial charge < -0.3 is 4.74 Å². The van der Waals surface area contributed by atoms with E-state index in [-0.39, 0.29) is 17.7 Å². The molecule has 0 radical (unpaired) electrons. The van der Waals surface area contributed by atoms with Crippen LogP contribution < -0.4 is 4.74 Å². The lowest BCUT2D eigenvalue weighted by molar-refractivity contribution is -0.123. The molecule has 2 amide bonds. The molecular weight excluding hydrogens is 453 g/mol. The molecule has 4 nitrogen and oxygen atoms in total. The minimum atomic E-state index is -0.317. The van der Waals surface area contributed by atoms with Gasteiger partial charge in [-0.25, -0.2) is 0 Å². The summed E-state index contributed by atoms with van der Waals surface area (Å²) in [6.45, 7) is 0.587. The van der Waals surface area contributed by atoms with Crippen molar-refractivity contribution >= 4 is 52.2 Å². The molecule has 156 valence electrons. The molecule has 7 heteroatoms. The van der Waals surface area contributed by atoms with Crippen LogP contribution in [0.5, 0.6) is 5.75 Å². The van der Waals surface area contributed by atoms with Gasteiger partial charge in [0, 0.05) is 10.0 Å². The van der Waals surface area contributed by atoms with Crippen LogP contribution in [0.2, 0.25) is 10.0 Å². The molecule has 4 rings (SSSR count). The molecule has 0 aliphatic carbocycles. The van der Waals surface area contributed by atoms with E-state index < -0.39 is 0 Å². The number of hydrogen-bond donors (Lipinski definition) is 0. The van der Waals surface area contributed by atoms with Gasteiger partial charge in [-0.05, 0) is 70.9 Å². The Morgan fingerprint density at radius 1 is 0.871 bits per heavy atom. The number of hydrogen-bond acceptors (Lipinski definition) is 4. The molecule has 0 N–H and O–H groups in total. The third-order valence-corrected chi connectivity index (χ3v) is 5.97. The first kappa shape index (κ1) is 21.5. The molecule has 1 fully saturated rings. The highest BCUT2D eigenvalue weighted by Gasteiger charge is 2.35. The SMILES string of the molecule is O=C1S/C(=C\c2cccc(OCc3ccc(Cl)cc3)c2)C(=O)N1Cc1cccc(Cl)c1. The van der Waals surface area contributed by atoms with Crippen molar-refractivity contribution in [2.24, 2.45) is 0 Å². The lowest BCUT2D eigenvalue weighted by Crippen LogP contribution is -2.27. The summed E-state index contributed by atoms with van der Waals surface area (Å²) in [5, 5.41) is 0.942. The van der Waals surface area contributed by atoms with E-state index in [0.29, 0.717) is 27.3 Å². The van der Waals surface area contributed by atoms with E-state index in [1.54, 1.807) is 24.3 Å². The van der Waals surface area contributed by atoms with Gasteiger partial charge in [-0.15, -0.1) is 0 Å². The summed E-state index contributed by atoms with van der Waals surface area (Å²) in [5.41, 5.74) is 2.58. The molecule has 0 atom stereocenters. The molecule has 3 aromatic carbocycles. The summed E-state index contributed by atoms with van der Waals surface area (Å²) in [4.78, 5) is 26.8. The first-order valence-corrected chi connectivity index (χ1v) is 11.0. The molecule has 3 aromatic rings. The normalized spacial score (nSPS) is 15.0. The van der Waals surface area contributed by atoms with Crippen LogP contribution in [-0.4, -0.2) is 16.0 Å². The van der Waals surface area contributed by atoms with E-state index in [4.69, 9.17) is 27.9 Å². The fraction of sp³-hybridized carbons (Fsp3) is 0.0833. The first-order chi connectivity index (χ1) is 15.0. The molecular formula is C24H17Cl2NO3S. The molecule has 0 bridgehead atoms. The lowest BCUT2D eigenvalue weighted by Gasteiger charge is -2.12. The number of rotatable bonds is 6. The van der Waals surface area contributed by atoms with E-state index in [9.17, 15) is 9.59 Å². The standard InChI is InChI=1S/C24H17Cl2NO3S/c25-19-9-7-16(8-10-19)15-30-21-6-2-3-17(12-21)13-22-23(28)27(24(29)31-22)14-18-4-1-5-20(26)11-18/h1-13H,14-15H2/b22-13-.